The van der Waals surface area contributed by atoms with Crippen LogP contribution in [0.15, 0.2) is 12.8 Å². The minimum atomic E-state index is 0.561. The van der Waals surface area contributed by atoms with Crippen molar-refractivity contribution in [3.05, 3.63) is 12.8 Å². The molecule has 2 N–H and O–H groups in total. The number of hydrogen-bond donors (Lipinski definition) is 1. The van der Waals surface area contributed by atoms with Crippen LogP contribution in [0.25, 0.3) is 0 Å². The average Bonchev–Trinajstić information content (AvgIpc) is 2.05. The van der Waals surface area contributed by atoms with E-state index < -0.39 is 0 Å². The zero-order valence-electron chi connectivity index (χ0n) is 6.42. The lowest BCUT2D eigenvalue weighted by Crippen LogP contribution is -2.37. The van der Waals surface area contributed by atoms with Crippen LogP contribution in [0.1, 0.15) is 32.1 Å². The Morgan fingerprint density at radius 3 is 2.40 bits per heavy atom. The van der Waals surface area contributed by atoms with E-state index in [9.17, 15) is 0 Å². The van der Waals surface area contributed by atoms with Gasteiger partial charge in [-0.2, -0.15) is 0 Å². The monoisotopic (exact) mass is 140 g/mol. The molecule has 0 atom stereocenters. The first kappa shape index (κ1) is 7.61. The van der Waals surface area contributed by atoms with Gasteiger partial charge in [0.15, 0.2) is 0 Å². The number of rotatable bonds is 2. The summed E-state index contributed by atoms with van der Waals surface area (Å²) in [5, 5.41) is 1.75. The van der Waals surface area contributed by atoms with Crippen LogP contribution in [0.5, 0.6) is 0 Å². The maximum absolute atomic E-state index is 5.66. The van der Waals surface area contributed by atoms with Gasteiger partial charge < -0.3 is 5.01 Å². The largest absolute Gasteiger partial charge is 0.316 e. The molecule has 1 aliphatic rings. The van der Waals surface area contributed by atoms with Gasteiger partial charge in [-0.1, -0.05) is 25.8 Å². The van der Waals surface area contributed by atoms with E-state index in [1.54, 1.807) is 11.2 Å². The van der Waals surface area contributed by atoms with Crippen LogP contribution in [-0.4, -0.2) is 11.1 Å². The van der Waals surface area contributed by atoms with Gasteiger partial charge in [-0.25, -0.2) is 5.84 Å². The molecule has 0 heterocycles. The molecule has 0 aromatic heterocycles. The summed E-state index contributed by atoms with van der Waals surface area (Å²) in [6.45, 7) is 3.64. The lowest BCUT2D eigenvalue weighted by molar-refractivity contribution is 0.222. The quantitative estimate of drug-likeness (QED) is 0.466. The van der Waals surface area contributed by atoms with Gasteiger partial charge in [0.2, 0.25) is 0 Å². The molecule has 1 aliphatic carbocycles. The van der Waals surface area contributed by atoms with Crippen molar-refractivity contribution in [2.75, 3.05) is 0 Å². The predicted octanol–water partition coefficient (Wildman–Crippen LogP) is 1.64. The fraction of sp³-hybridized carbons (Fsp3) is 0.750. The third kappa shape index (κ3) is 1.74. The summed E-state index contributed by atoms with van der Waals surface area (Å²) in [5.41, 5.74) is 0. The normalized spacial score (nSPS) is 20.5. The van der Waals surface area contributed by atoms with Crippen molar-refractivity contribution >= 4 is 0 Å². The summed E-state index contributed by atoms with van der Waals surface area (Å²) in [5.74, 6) is 5.66. The summed E-state index contributed by atoms with van der Waals surface area (Å²) in [6, 6.07) is 0.561. The smallest absolute Gasteiger partial charge is 0.0445 e. The minimum absolute atomic E-state index is 0.561. The number of hydrogen-bond acceptors (Lipinski definition) is 2. The lowest BCUT2D eigenvalue weighted by atomic mass is 9.95. The number of nitrogens with two attached hydrogens (primary N) is 1. The maximum Gasteiger partial charge on any atom is 0.0445 e. The minimum Gasteiger partial charge on any atom is -0.316 e. The first-order chi connectivity index (χ1) is 4.84. The fourth-order valence-corrected chi connectivity index (χ4v) is 1.53. The van der Waals surface area contributed by atoms with Crippen molar-refractivity contribution in [3.63, 3.8) is 0 Å². The highest BCUT2D eigenvalue weighted by Crippen LogP contribution is 2.20. The van der Waals surface area contributed by atoms with E-state index in [0.29, 0.717) is 6.04 Å². The molecule has 2 nitrogen and oxygen atoms in total. The van der Waals surface area contributed by atoms with E-state index in [1.165, 1.54) is 32.1 Å². The zero-order valence-corrected chi connectivity index (χ0v) is 6.42. The van der Waals surface area contributed by atoms with E-state index in [0.717, 1.165) is 0 Å². The van der Waals surface area contributed by atoms with Crippen LogP contribution in [-0.2, 0) is 0 Å². The molecule has 1 rings (SSSR count). The van der Waals surface area contributed by atoms with Gasteiger partial charge in [0.25, 0.3) is 0 Å². The Kier molecular flexibility index (Phi) is 2.75. The second-order valence-electron chi connectivity index (χ2n) is 2.92. The third-order valence-electron chi connectivity index (χ3n) is 2.21. The second-order valence-corrected chi connectivity index (χ2v) is 2.92. The SMILES string of the molecule is C=CN(N)C1CCCCC1. The zero-order chi connectivity index (χ0) is 7.40. The van der Waals surface area contributed by atoms with E-state index in [2.05, 4.69) is 6.58 Å². The van der Waals surface area contributed by atoms with E-state index in [1.807, 2.05) is 0 Å². The first-order valence-corrected chi connectivity index (χ1v) is 4.00. The van der Waals surface area contributed by atoms with Crippen molar-refractivity contribution < 1.29 is 0 Å². The summed E-state index contributed by atoms with van der Waals surface area (Å²) in [7, 11) is 0. The summed E-state index contributed by atoms with van der Waals surface area (Å²) in [4.78, 5) is 0. The molecule has 0 saturated heterocycles. The van der Waals surface area contributed by atoms with Crippen LogP contribution in [0, 0.1) is 0 Å². The van der Waals surface area contributed by atoms with Crippen molar-refractivity contribution in [1.82, 2.24) is 5.01 Å². The Morgan fingerprint density at radius 1 is 1.30 bits per heavy atom. The van der Waals surface area contributed by atoms with E-state index in [-0.39, 0.29) is 0 Å². The van der Waals surface area contributed by atoms with Crippen molar-refractivity contribution in [2.45, 2.75) is 38.1 Å². The van der Waals surface area contributed by atoms with Gasteiger partial charge in [0.1, 0.15) is 0 Å². The Balaban J connectivity index is 2.30. The molecule has 0 aromatic rings. The highest BCUT2D eigenvalue weighted by molar-refractivity contribution is 4.77. The Morgan fingerprint density at radius 2 is 1.90 bits per heavy atom. The Hall–Kier alpha value is -0.500. The van der Waals surface area contributed by atoms with Crippen LogP contribution in [0.2, 0.25) is 0 Å². The van der Waals surface area contributed by atoms with Crippen LogP contribution >= 0.6 is 0 Å². The van der Waals surface area contributed by atoms with Gasteiger partial charge >= 0.3 is 0 Å². The molecule has 0 amide bonds. The molecule has 0 spiro atoms. The lowest BCUT2D eigenvalue weighted by Gasteiger charge is -2.28. The molecule has 1 saturated carbocycles. The van der Waals surface area contributed by atoms with Crippen LogP contribution < -0.4 is 5.84 Å². The van der Waals surface area contributed by atoms with Gasteiger partial charge in [-0.05, 0) is 12.8 Å². The van der Waals surface area contributed by atoms with Gasteiger partial charge in [-0.3, -0.25) is 0 Å². The Labute approximate surface area is 62.7 Å². The third-order valence-corrected chi connectivity index (χ3v) is 2.21. The highest BCUT2D eigenvalue weighted by atomic mass is 15.4. The predicted molar refractivity (Wildman–Crippen MR) is 43.1 cm³/mol. The second kappa shape index (κ2) is 3.62. The van der Waals surface area contributed by atoms with E-state index >= 15 is 0 Å². The van der Waals surface area contributed by atoms with E-state index in [4.69, 9.17) is 5.84 Å². The molecule has 58 valence electrons. The van der Waals surface area contributed by atoms with Crippen LogP contribution in [0.3, 0.4) is 0 Å². The highest BCUT2D eigenvalue weighted by Gasteiger charge is 2.15. The number of nitrogens with zero attached hydrogens (tertiary/aromatic N) is 1. The molecule has 0 unspecified atom stereocenters. The molecular formula is C8H16N2. The summed E-state index contributed by atoms with van der Waals surface area (Å²) >= 11 is 0. The topological polar surface area (TPSA) is 29.3 Å². The molecular weight excluding hydrogens is 124 g/mol. The maximum atomic E-state index is 5.66. The molecule has 0 aromatic carbocycles. The molecule has 0 bridgehead atoms. The summed E-state index contributed by atoms with van der Waals surface area (Å²) in [6.07, 6.45) is 8.22. The fourth-order valence-electron chi connectivity index (χ4n) is 1.53. The van der Waals surface area contributed by atoms with Gasteiger partial charge in [0.05, 0.1) is 0 Å². The van der Waals surface area contributed by atoms with Crippen molar-refractivity contribution in [1.29, 1.82) is 0 Å². The number of hydrazine groups is 1. The van der Waals surface area contributed by atoms with Crippen molar-refractivity contribution in [2.24, 2.45) is 5.84 Å². The molecule has 10 heavy (non-hydrogen) atoms. The molecule has 0 radical (unpaired) electrons. The van der Waals surface area contributed by atoms with Gasteiger partial charge in [0, 0.05) is 12.2 Å². The van der Waals surface area contributed by atoms with Gasteiger partial charge in [-0.15, -0.1) is 0 Å². The first-order valence-electron chi connectivity index (χ1n) is 4.00. The molecule has 1 fully saturated rings. The average molecular weight is 140 g/mol. The molecule has 2 heteroatoms. The molecule has 0 aliphatic heterocycles. The van der Waals surface area contributed by atoms with Crippen LogP contribution in [0.4, 0.5) is 0 Å². The summed E-state index contributed by atoms with van der Waals surface area (Å²) < 4.78 is 0. The van der Waals surface area contributed by atoms with Crippen molar-refractivity contribution in [3.8, 4) is 0 Å². The Bertz CT molecular complexity index is 106. The standard InChI is InChI=1S/C8H16N2/c1-2-10(9)8-6-4-3-5-7-8/h2,8H,1,3-7,9H2.